The Bertz CT molecular complexity index is 425. The van der Waals surface area contributed by atoms with Crippen LogP contribution in [0, 0.1) is 0 Å². The zero-order chi connectivity index (χ0) is 13.7. The van der Waals surface area contributed by atoms with Crippen LogP contribution in [0.3, 0.4) is 0 Å². The first-order chi connectivity index (χ1) is 9.13. The molecule has 0 radical (unpaired) electrons. The smallest absolute Gasteiger partial charge is 0.220 e. The largest absolute Gasteiger partial charge is 0.399 e. The Hall–Kier alpha value is -1.55. The minimum absolute atomic E-state index is 0.150. The van der Waals surface area contributed by atoms with Crippen LogP contribution in [0.2, 0.25) is 0 Å². The van der Waals surface area contributed by atoms with E-state index in [0.717, 1.165) is 43.6 Å². The lowest BCUT2D eigenvalue weighted by Gasteiger charge is -2.29. The van der Waals surface area contributed by atoms with Crippen LogP contribution in [0.4, 0.5) is 5.69 Å². The number of piperidine rings is 1. The molecule has 3 N–H and O–H groups in total. The summed E-state index contributed by atoms with van der Waals surface area (Å²) in [6.07, 6.45) is 3.40. The lowest BCUT2D eigenvalue weighted by Crippen LogP contribution is -2.43. The Labute approximate surface area is 115 Å². The van der Waals surface area contributed by atoms with Gasteiger partial charge in [0.2, 0.25) is 5.91 Å². The third kappa shape index (κ3) is 4.56. The fourth-order valence-electron chi connectivity index (χ4n) is 2.46. The van der Waals surface area contributed by atoms with E-state index in [4.69, 9.17) is 5.73 Å². The summed E-state index contributed by atoms with van der Waals surface area (Å²) in [6.45, 7) is 2.14. The molecule has 1 amide bonds. The zero-order valence-electron chi connectivity index (χ0n) is 11.6. The average Bonchev–Trinajstić information content (AvgIpc) is 2.39. The van der Waals surface area contributed by atoms with Crippen LogP contribution in [0.25, 0.3) is 0 Å². The Morgan fingerprint density at radius 3 is 2.84 bits per heavy atom. The first kappa shape index (κ1) is 13.9. The molecule has 0 saturated carbocycles. The number of likely N-dealkylation sites (tertiary alicyclic amines) is 1. The maximum Gasteiger partial charge on any atom is 0.220 e. The molecule has 0 spiro atoms. The summed E-state index contributed by atoms with van der Waals surface area (Å²) >= 11 is 0. The Kier molecular flexibility index (Phi) is 4.80. The van der Waals surface area contributed by atoms with Gasteiger partial charge >= 0.3 is 0 Å². The summed E-state index contributed by atoms with van der Waals surface area (Å²) in [5.41, 5.74) is 7.60. The molecule has 1 aromatic rings. The van der Waals surface area contributed by atoms with Gasteiger partial charge in [0.1, 0.15) is 0 Å². The van der Waals surface area contributed by atoms with Crippen molar-refractivity contribution >= 4 is 11.6 Å². The Morgan fingerprint density at radius 1 is 1.42 bits per heavy atom. The molecule has 0 unspecified atom stereocenters. The molecule has 1 aliphatic rings. The molecule has 1 aliphatic heterocycles. The van der Waals surface area contributed by atoms with Crippen molar-refractivity contribution in [1.82, 2.24) is 10.2 Å². The Morgan fingerprint density at radius 2 is 2.16 bits per heavy atom. The fraction of sp³-hybridized carbons (Fsp3) is 0.533. The lowest BCUT2D eigenvalue weighted by molar-refractivity contribution is -0.122. The summed E-state index contributed by atoms with van der Waals surface area (Å²) in [5, 5.41) is 3.13. The molecule has 1 aromatic carbocycles. The highest BCUT2D eigenvalue weighted by atomic mass is 16.1. The molecule has 0 bridgehead atoms. The molecule has 4 heteroatoms. The standard InChI is InChI=1S/C15H23N3O/c1-18-9-7-14(8-10-18)17-15(19)6-5-12-3-2-4-13(16)11-12/h2-4,11,14H,5-10,16H2,1H3,(H,17,19). The van der Waals surface area contributed by atoms with Crippen molar-refractivity contribution in [2.75, 3.05) is 25.9 Å². The molecule has 19 heavy (non-hydrogen) atoms. The van der Waals surface area contributed by atoms with Crippen molar-refractivity contribution in [2.45, 2.75) is 31.7 Å². The highest BCUT2D eigenvalue weighted by molar-refractivity contribution is 5.76. The maximum absolute atomic E-state index is 11.9. The van der Waals surface area contributed by atoms with E-state index in [-0.39, 0.29) is 5.91 Å². The van der Waals surface area contributed by atoms with E-state index in [0.29, 0.717) is 12.5 Å². The van der Waals surface area contributed by atoms with Crippen LogP contribution in [-0.2, 0) is 11.2 Å². The molecular weight excluding hydrogens is 238 g/mol. The van der Waals surface area contributed by atoms with Crippen LogP contribution in [0.1, 0.15) is 24.8 Å². The number of hydrogen-bond donors (Lipinski definition) is 2. The van der Waals surface area contributed by atoms with E-state index in [1.807, 2.05) is 24.3 Å². The fourth-order valence-corrected chi connectivity index (χ4v) is 2.46. The molecular formula is C15H23N3O. The van der Waals surface area contributed by atoms with Gasteiger partial charge in [0.15, 0.2) is 0 Å². The van der Waals surface area contributed by atoms with Gasteiger partial charge < -0.3 is 16.0 Å². The number of nitrogen functional groups attached to an aromatic ring is 1. The number of nitrogens with zero attached hydrogens (tertiary/aromatic N) is 1. The van der Waals surface area contributed by atoms with E-state index in [1.54, 1.807) is 0 Å². The molecule has 4 nitrogen and oxygen atoms in total. The first-order valence-electron chi connectivity index (χ1n) is 6.96. The maximum atomic E-state index is 11.9. The third-order valence-electron chi connectivity index (χ3n) is 3.68. The average molecular weight is 261 g/mol. The second kappa shape index (κ2) is 6.57. The quantitative estimate of drug-likeness (QED) is 0.806. The summed E-state index contributed by atoms with van der Waals surface area (Å²) in [7, 11) is 2.12. The number of nitrogens with two attached hydrogens (primary N) is 1. The van der Waals surface area contributed by atoms with Crippen LogP contribution in [-0.4, -0.2) is 37.0 Å². The monoisotopic (exact) mass is 261 g/mol. The minimum Gasteiger partial charge on any atom is -0.399 e. The number of amides is 1. The molecule has 0 atom stereocenters. The van der Waals surface area contributed by atoms with E-state index >= 15 is 0 Å². The van der Waals surface area contributed by atoms with Gasteiger partial charge in [-0.15, -0.1) is 0 Å². The summed E-state index contributed by atoms with van der Waals surface area (Å²) in [6, 6.07) is 8.09. The molecule has 1 fully saturated rings. The van der Waals surface area contributed by atoms with Crippen molar-refractivity contribution in [3.05, 3.63) is 29.8 Å². The number of anilines is 1. The van der Waals surface area contributed by atoms with Crippen molar-refractivity contribution in [2.24, 2.45) is 0 Å². The highest BCUT2D eigenvalue weighted by Crippen LogP contribution is 2.10. The Balaban J connectivity index is 1.73. The van der Waals surface area contributed by atoms with Gasteiger partial charge in [-0.1, -0.05) is 12.1 Å². The van der Waals surface area contributed by atoms with Crippen molar-refractivity contribution in [3.63, 3.8) is 0 Å². The van der Waals surface area contributed by atoms with E-state index in [9.17, 15) is 4.79 Å². The highest BCUT2D eigenvalue weighted by Gasteiger charge is 2.18. The lowest BCUT2D eigenvalue weighted by atomic mass is 10.0. The first-order valence-corrected chi connectivity index (χ1v) is 6.96. The number of benzene rings is 1. The SMILES string of the molecule is CN1CCC(NC(=O)CCc2cccc(N)c2)CC1. The molecule has 104 valence electrons. The van der Waals surface area contributed by atoms with Gasteiger partial charge in [-0.2, -0.15) is 0 Å². The molecule has 0 aliphatic carbocycles. The summed E-state index contributed by atoms with van der Waals surface area (Å²) < 4.78 is 0. The van der Waals surface area contributed by atoms with Gasteiger partial charge in [-0.05, 0) is 57.1 Å². The summed E-state index contributed by atoms with van der Waals surface area (Å²) in [5.74, 6) is 0.150. The van der Waals surface area contributed by atoms with Gasteiger partial charge in [0.25, 0.3) is 0 Å². The minimum atomic E-state index is 0.150. The molecule has 0 aromatic heterocycles. The van der Waals surface area contributed by atoms with E-state index < -0.39 is 0 Å². The number of aryl methyl sites for hydroxylation is 1. The predicted octanol–water partition coefficient (Wildman–Crippen LogP) is 1.41. The number of hydrogen-bond acceptors (Lipinski definition) is 3. The van der Waals surface area contributed by atoms with Crippen LogP contribution in [0.15, 0.2) is 24.3 Å². The second-order valence-corrected chi connectivity index (χ2v) is 5.39. The van der Waals surface area contributed by atoms with Gasteiger partial charge in [-0.25, -0.2) is 0 Å². The molecule has 1 heterocycles. The van der Waals surface area contributed by atoms with Gasteiger partial charge in [-0.3, -0.25) is 4.79 Å². The van der Waals surface area contributed by atoms with Crippen molar-refractivity contribution < 1.29 is 4.79 Å². The van der Waals surface area contributed by atoms with Crippen LogP contribution in [0.5, 0.6) is 0 Å². The number of nitrogens with one attached hydrogen (secondary N) is 1. The third-order valence-corrected chi connectivity index (χ3v) is 3.68. The topological polar surface area (TPSA) is 58.4 Å². The normalized spacial score (nSPS) is 17.3. The summed E-state index contributed by atoms with van der Waals surface area (Å²) in [4.78, 5) is 14.2. The zero-order valence-corrected chi connectivity index (χ0v) is 11.6. The van der Waals surface area contributed by atoms with Crippen molar-refractivity contribution in [3.8, 4) is 0 Å². The number of rotatable bonds is 4. The van der Waals surface area contributed by atoms with Crippen molar-refractivity contribution in [1.29, 1.82) is 0 Å². The van der Waals surface area contributed by atoms with Gasteiger partial charge in [0, 0.05) is 18.2 Å². The molecule has 2 rings (SSSR count). The van der Waals surface area contributed by atoms with Crippen LogP contribution < -0.4 is 11.1 Å². The van der Waals surface area contributed by atoms with Crippen LogP contribution >= 0.6 is 0 Å². The van der Waals surface area contributed by atoms with E-state index in [2.05, 4.69) is 17.3 Å². The molecule has 1 saturated heterocycles. The number of carbonyl (C=O) groups excluding carboxylic acids is 1. The second-order valence-electron chi connectivity index (χ2n) is 5.39. The number of carbonyl (C=O) groups is 1. The van der Waals surface area contributed by atoms with E-state index in [1.165, 1.54) is 0 Å². The van der Waals surface area contributed by atoms with Gasteiger partial charge in [0.05, 0.1) is 0 Å². The predicted molar refractivity (Wildman–Crippen MR) is 77.8 cm³/mol.